The number of thiazole rings is 1. The van der Waals surface area contributed by atoms with Gasteiger partial charge in [0.15, 0.2) is 5.69 Å². The number of nitrogens with zero attached hydrogens (tertiary/aromatic N) is 4. The van der Waals surface area contributed by atoms with Crippen molar-refractivity contribution in [2.75, 3.05) is 6.54 Å². The zero-order chi connectivity index (χ0) is 11.1. The van der Waals surface area contributed by atoms with Gasteiger partial charge in [-0.3, -0.25) is 0 Å². The summed E-state index contributed by atoms with van der Waals surface area (Å²) in [7, 11) is 0. The lowest BCUT2D eigenvalue weighted by Gasteiger charge is -1.89. The predicted octanol–water partition coefficient (Wildman–Crippen LogP) is 2.55. The van der Waals surface area contributed by atoms with Crippen molar-refractivity contribution in [3.63, 3.8) is 0 Å². The molecule has 0 aromatic carbocycles. The van der Waals surface area contributed by atoms with Crippen molar-refractivity contribution in [3.8, 4) is 0 Å². The van der Waals surface area contributed by atoms with Crippen molar-refractivity contribution in [1.29, 1.82) is 0 Å². The average molecular weight is 224 g/mol. The molecule has 0 saturated heterocycles. The van der Waals surface area contributed by atoms with E-state index in [2.05, 4.69) is 15.0 Å². The maximum absolute atomic E-state index is 10.7. The molecule has 78 valence electrons. The third-order valence-electron chi connectivity index (χ3n) is 1.53. The highest BCUT2D eigenvalue weighted by molar-refractivity contribution is 7.10. The summed E-state index contributed by atoms with van der Waals surface area (Å²) in [4.78, 5) is 17.6. The van der Waals surface area contributed by atoms with Crippen LogP contribution in [0.15, 0.2) is 16.7 Å². The van der Waals surface area contributed by atoms with E-state index >= 15 is 0 Å². The molecule has 0 unspecified atom stereocenters. The van der Waals surface area contributed by atoms with Gasteiger partial charge in [-0.15, -0.1) is 11.3 Å². The Morgan fingerprint density at radius 3 is 3.27 bits per heavy atom. The molecule has 0 bridgehead atoms. The first-order valence-electron chi connectivity index (χ1n) is 4.10. The quantitative estimate of drug-likeness (QED) is 0.360. The lowest BCUT2D eigenvalue weighted by molar-refractivity contribution is 0.0691. The Balaban J connectivity index is 2.60. The molecule has 0 saturated carbocycles. The molecule has 0 aliphatic carbocycles. The first-order chi connectivity index (χ1) is 7.25. The highest BCUT2D eigenvalue weighted by Gasteiger charge is 2.10. The van der Waals surface area contributed by atoms with Gasteiger partial charge in [0.05, 0.1) is 10.4 Å². The van der Waals surface area contributed by atoms with E-state index in [0.29, 0.717) is 17.8 Å². The van der Waals surface area contributed by atoms with Gasteiger partial charge >= 0.3 is 5.97 Å². The van der Waals surface area contributed by atoms with Crippen molar-refractivity contribution in [2.24, 2.45) is 5.11 Å². The molecule has 15 heavy (non-hydrogen) atoms. The zero-order valence-electron chi connectivity index (χ0n) is 7.70. The zero-order valence-corrected chi connectivity index (χ0v) is 8.52. The van der Waals surface area contributed by atoms with Crippen LogP contribution < -0.4 is 0 Å². The molecule has 1 aromatic heterocycles. The summed E-state index contributed by atoms with van der Waals surface area (Å²) >= 11 is 1.26. The molecular weight excluding hydrogens is 216 g/mol. The van der Waals surface area contributed by atoms with Crippen molar-refractivity contribution >= 4 is 23.4 Å². The number of azide groups is 1. The topological polar surface area (TPSA) is 99.0 Å². The Kier molecular flexibility index (Phi) is 4.33. The fraction of sp³-hybridized carbons (Fsp3) is 0.250. The summed E-state index contributed by atoms with van der Waals surface area (Å²) in [5.41, 5.74) is 9.55. The van der Waals surface area contributed by atoms with Crippen LogP contribution in [0.5, 0.6) is 0 Å². The Labute approximate surface area is 89.5 Å². The van der Waals surface area contributed by atoms with E-state index in [4.69, 9.17) is 10.6 Å². The van der Waals surface area contributed by atoms with Crippen molar-refractivity contribution in [3.05, 3.63) is 32.6 Å². The van der Waals surface area contributed by atoms with E-state index in [1.807, 2.05) is 0 Å². The molecule has 0 amide bonds. The van der Waals surface area contributed by atoms with Crippen molar-refractivity contribution < 1.29 is 9.90 Å². The summed E-state index contributed by atoms with van der Waals surface area (Å²) in [5, 5.41) is 12.1. The van der Waals surface area contributed by atoms with Gasteiger partial charge in [0.2, 0.25) is 0 Å². The second-order valence-electron chi connectivity index (χ2n) is 2.52. The monoisotopic (exact) mass is 224 g/mol. The van der Waals surface area contributed by atoms with Gasteiger partial charge in [0, 0.05) is 11.5 Å². The fourth-order valence-corrected chi connectivity index (χ4v) is 1.60. The van der Waals surface area contributed by atoms with Gasteiger partial charge in [-0.25, -0.2) is 9.78 Å². The smallest absolute Gasteiger partial charge is 0.356 e. The number of carboxylic acids is 1. The maximum atomic E-state index is 10.7. The van der Waals surface area contributed by atoms with E-state index in [9.17, 15) is 4.79 Å². The van der Waals surface area contributed by atoms with Crippen molar-refractivity contribution in [2.45, 2.75) is 6.42 Å². The summed E-state index contributed by atoms with van der Waals surface area (Å²) < 4.78 is 0. The second kappa shape index (κ2) is 5.79. The molecule has 0 atom stereocenters. The van der Waals surface area contributed by atoms with Crippen LogP contribution in [0.25, 0.3) is 16.5 Å². The number of aromatic carboxylic acids is 1. The van der Waals surface area contributed by atoms with Crippen LogP contribution in [0.2, 0.25) is 0 Å². The molecule has 1 rings (SSSR count). The molecule has 0 fully saturated rings. The molecule has 1 heterocycles. The largest absolute Gasteiger partial charge is 0.476 e. The lowest BCUT2D eigenvalue weighted by Crippen LogP contribution is -1.97. The normalized spacial score (nSPS) is 10.1. The Morgan fingerprint density at radius 1 is 1.80 bits per heavy atom. The lowest BCUT2D eigenvalue weighted by atomic mass is 10.3. The number of rotatable bonds is 5. The molecule has 7 heteroatoms. The van der Waals surface area contributed by atoms with Crippen LogP contribution >= 0.6 is 11.3 Å². The van der Waals surface area contributed by atoms with Gasteiger partial charge in [-0.05, 0) is 18.0 Å². The minimum Gasteiger partial charge on any atom is -0.476 e. The molecule has 0 spiro atoms. The van der Waals surface area contributed by atoms with E-state index in [1.165, 1.54) is 16.8 Å². The van der Waals surface area contributed by atoms with E-state index < -0.39 is 5.97 Å². The highest BCUT2D eigenvalue weighted by atomic mass is 32.1. The third kappa shape index (κ3) is 3.41. The minimum atomic E-state index is -1.04. The molecule has 1 aromatic rings. The van der Waals surface area contributed by atoms with Gasteiger partial charge in [-0.1, -0.05) is 11.2 Å². The standard InChI is InChI=1S/C8H8N4O2S/c9-12-11-4-2-1-3-6-7(8(13)14)10-5-15-6/h1,3,5H,2,4H2,(H,13,14). The molecule has 0 aliphatic rings. The molecule has 1 N–H and O–H groups in total. The van der Waals surface area contributed by atoms with Gasteiger partial charge in [0.25, 0.3) is 0 Å². The average Bonchev–Trinajstić information content (AvgIpc) is 2.66. The van der Waals surface area contributed by atoms with E-state index in [1.54, 1.807) is 12.2 Å². The molecule has 0 aliphatic heterocycles. The highest BCUT2D eigenvalue weighted by Crippen LogP contribution is 2.15. The molecule has 6 nitrogen and oxygen atoms in total. The van der Waals surface area contributed by atoms with Gasteiger partial charge < -0.3 is 5.11 Å². The second-order valence-corrected chi connectivity index (χ2v) is 3.40. The Morgan fingerprint density at radius 2 is 2.60 bits per heavy atom. The number of aromatic nitrogens is 1. The SMILES string of the molecule is [N-]=[N+]=NCCC=Cc1scnc1C(=O)O. The first kappa shape index (κ1) is 11.2. The Hall–Kier alpha value is -1.85. The maximum Gasteiger partial charge on any atom is 0.356 e. The van der Waals surface area contributed by atoms with Crippen LogP contribution in [0.4, 0.5) is 0 Å². The summed E-state index contributed by atoms with van der Waals surface area (Å²) in [6, 6.07) is 0. The number of hydrogen-bond acceptors (Lipinski definition) is 4. The van der Waals surface area contributed by atoms with E-state index in [-0.39, 0.29) is 5.69 Å². The van der Waals surface area contributed by atoms with Gasteiger partial charge in [-0.2, -0.15) is 0 Å². The number of carboxylic acid groups (broad SMARTS) is 1. The van der Waals surface area contributed by atoms with Gasteiger partial charge in [0.1, 0.15) is 0 Å². The third-order valence-corrected chi connectivity index (χ3v) is 2.32. The summed E-state index contributed by atoms with van der Waals surface area (Å²) in [6.45, 7) is 0.369. The van der Waals surface area contributed by atoms with Crippen LogP contribution in [0, 0.1) is 0 Å². The van der Waals surface area contributed by atoms with Crippen LogP contribution in [-0.4, -0.2) is 22.6 Å². The van der Waals surface area contributed by atoms with Crippen LogP contribution in [-0.2, 0) is 0 Å². The number of hydrogen-bond donors (Lipinski definition) is 1. The van der Waals surface area contributed by atoms with Crippen molar-refractivity contribution in [1.82, 2.24) is 4.98 Å². The van der Waals surface area contributed by atoms with Crippen LogP contribution in [0.3, 0.4) is 0 Å². The first-order valence-corrected chi connectivity index (χ1v) is 4.98. The molecule has 0 radical (unpaired) electrons. The Bertz CT molecular complexity index is 420. The van der Waals surface area contributed by atoms with E-state index in [0.717, 1.165) is 0 Å². The van der Waals surface area contributed by atoms with Crippen LogP contribution in [0.1, 0.15) is 21.8 Å². The summed E-state index contributed by atoms with van der Waals surface area (Å²) in [5.74, 6) is -1.04. The molecular formula is C8H8N4O2S. The summed E-state index contributed by atoms with van der Waals surface area (Å²) in [6.07, 6.45) is 4.02. The predicted molar refractivity (Wildman–Crippen MR) is 56.7 cm³/mol. The number of carbonyl (C=O) groups is 1. The fourth-order valence-electron chi connectivity index (χ4n) is 0.901. The minimum absolute atomic E-state index is 0.0556.